The zero-order valence-electron chi connectivity index (χ0n) is 15.2. The molecule has 2 amide bonds. The summed E-state index contributed by atoms with van der Waals surface area (Å²) in [7, 11) is 0. The normalized spacial score (nSPS) is 16.5. The van der Waals surface area contributed by atoms with E-state index in [4.69, 9.17) is 0 Å². The zero-order chi connectivity index (χ0) is 19.5. The standard InChI is InChI=1S/C18H24F3N3O2/c1-17(2,3)16(26)24-9-7-23(8-10-24)12-15(25)22-14-6-4-5-13(11-14)18(19,20)21/h4-6,11H,7-10,12H2,1-3H3,(H,22,25). The Labute approximate surface area is 151 Å². The molecule has 0 spiro atoms. The molecule has 0 aliphatic carbocycles. The Bertz CT molecular complexity index is 660. The second-order valence-corrected chi connectivity index (χ2v) is 7.45. The first kappa shape index (κ1) is 20.2. The molecule has 0 unspecified atom stereocenters. The highest BCUT2D eigenvalue weighted by molar-refractivity contribution is 5.92. The van der Waals surface area contributed by atoms with Gasteiger partial charge in [-0.2, -0.15) is 13.2 Å². The molecule has 0 atom stereocenters. The van der Waals surface area contributed by atoms with Crippen LogP contribution < -0.4 is 5.32 Å². The van der Waals surface area contributed by atoms with Crippen LogP contribution in [0.15, 0.2) is 24.3 Å². The molecule has 0 radical (unpaired) electrons. The van der Waals surface area contributed by atoms with Crippen LogP contribution in [-0.2, 0) is 15.8 Å². The summed E-state index contributed by atoms with van der Waals surface area (Å²) in [4.78, 5) is 28.0. The Balaban J connectivity index is 1.86. The number of benzene rings is 1. The van der Waals surface area contributed by atoms with Crippen LogP contribution in [0.4, 0.5) is 18.9 Å². The maximum Gasteiger partial charge on any atom is 0.416 e. The first-order valence-corrected chi connectivity index (χ1v) is 8.45. The first-order chi connectivity index (χ1) is 12.0. The average Bonchev–Trinajstić information content (AvgIpc) is 2.53. The van der Waals surface area contributed by atoms with Crippen LogP contribution in [0, 0.1) is 5.41 Å². The van der Waals surface area contributed by atoms with Gasteiger partial charge in [-0.15, -0.1) is 0 Å². The monoisotopic (exact) mass is 371 g/mol. The quantitative estimate of drug-likeness (QED) is 0.889. The van der Waals surface area contributed by atoms with Crippen molar-refractivity contribution in [2.75, 3.05) is 38.0 Å². The van der Waals surface area contributed by atoms with E-state index in [1.165, 1.54) is 12.1 Å². The van der Waals surface area contributed by atoms with E-state index in [1.807, 2.05) is 25.7 Å². The molecule has 1 heterocycles. The average molecular weight is 371 g/mol. The van der Waals surface area contributed by atoms with Gasteiger partial charge in [-0.3, -0.25) is 14.5 Å². The predicted octanol–water partition coefficient (Wildman–Crippen LogP) is 2.83. The molecule has 144 valence electrons. The lowest BCUT2D eigenvalue weighted by Crippen LogP contribution is -2.52. The summed E-state index contributed by atoms with van der Waals surface area (Å²) in [6, 6.07) is 4.56. The molecule has 8 heteroatoms. The van der Waals surface area contributed by atoms with E-state index < -0.39 is 17.2 Å². The molecule has 5 nitrogen and oxygen atoms in total. The van der Waals surface area contributed by atoms with Crippen molar-refractivity contribution in [3.63, 3.8) is 0 Å². The summed E-state index contributed by atoms with van der Waals surface area (Å²) < 4.78 is 38.1. The number of carbonyl (C=O) groups is 2. The molecule has 2 rings (SSSR count). The van der Waals surface area contributed by atoms with Gasteiger partial charge in [-0.05, 0) is 18.2 Å². The third-order valence-electron chi connectivity index (χ3n) is 4.14. The summed E-state index contributed by atoms with van der Waals surface area (Å²) in [6.45, 7) is 7.85. The highest BCUT2D eigenvalue weighted by Gasteiger charge is 2.31. The number of rotatable bonds is 3. The van der Waals surface area contributed by atoms with E-state index in [0.29, 0.717) is 26.2 Å². The van der Waals surface area contributed by atoms with Gasteiger partial charge in [0.1, 0.15) is 0 Å². The smallest absolute Gasteiger partial charge is 0.340 e. The van der Waals surface area contributed by atoms with Gasteiger partial charge in [0.25, 0.3) is 0 Å². The number of nitrogens with zero attached hydrogens (tertiary/aromatic N) is 2. The second-order valence-electron chi connectivity index (χ2n) is 7.45. The van der Waals surface area contributed by atoms with Gasteiger partial charge < -0.3 is 10.2 Å². The first-order valence-electron chi connectivity index (χ1n) is 8.45. The number of piperazine rings is 1. The van der Waals surface area contributed by atoms with Gasteiger partial charge in [0.2, 0.25) is 11.8 Å². The van der Waals surface area contributed by atoms with Gasteiger partial charge in [-0.25, -0.2) is 0 Å². The van der Waals surface area contributed by atoms with Crippen molar-refractivity contribution in [3.05, 3.63) is 29.8 Å². The number of alkyl halides is 3. The molecular weight excluding hydrogens is 347 g/mol. The minimum Gasteiger partial charge on any atom is -0.340 e. The maximum atomic E-state index is 12.7. The third kappa shape index (κ3) is 5.45. The molecule has 1 aromatic rings. The Morgan fingerprint density at radius 1 is 1.08 bits per heavy atom. The Morgan fingerprint density at radius 2 is 1.69 bits per heavy atom. The molecule has 1 aromatic carbocycles. The van der Waals surface area contributed by atoms with E-state index in [0.717, 1.165) is 12.1 Å². The topological polar surface area (TPSA) is 52.7 Å². The molecule has 0 saturated carbocycles. The van der Waals surface area contributed by atoms with Crippen molar-refractivity contribution in [2.45, 2.75) is 26.9 Å². The zero-order valence-corrected chi connectivity index (χ0v) is 15.2. The molecular formula is C18H24F3N3O2. The summed E-state index contributed by atoms with van der Waals surface area (Å²) in [6.07, 6.45) is -4.45. The minimum atomic E-state index is -4.45. The van der Waals surface area contributed by atoms with Crippen LogP contribution in [-0.4, -0.2) is 54.3 Å². The van der Waals surface area contributed by atoms with Crippen molar-refractivity contribution in [1.82, 2.24) is 9.80 Å². The van der Waals surface area contributed by atoms with E-state index in [-0.39, 0.29) is 24.0 Å². The minimum absolute atomic E-state index is 0.0746. The fourth-order valence-electron chi connectivity index (χ4n) is 2.76. The number of amides is 2. The molecule has 0 bridgehead atoms. The van der Waals surface area contributed by atoms with Gasteiger partial charge in [-0.1, -0.05) is 26.8 Å². The van der Waals surface area contributed by atoms with E-state index in [2.05, 4.69) is 5.32 Å². The van der Waals surface area contributed by atoms with Gasteiger partial charge in [0.15, 0.2) is 0 Å². The molecule has 1 aliphatic rings. The maximum absolute atomic E-state index is 12.7. The summed E-state index contributed by atoms with van der Waals surface area (Å²) >= 11 is 0. The Kier molecular flexibility index (Phi) is 5.95. The van der Waals surface area contributed by atoms with Crippen molar-refractivity contribution in [1.29, 1.82) is 0 Å². The summed E-state index contributed by atoms with van der Waals surface area (Å²) in [5.41, 5.74) is -1.13. The number of anilines is 1. The van der Waals surface area contributed by atoms with Crippen LogP contribution in [0.25, 0.3) is 0 Å². The fraction of sp³-hybridized carbons (Fsp3) is 0.556. The highest BCUT2D eigenvalue weighted by atomic mass is 19.4. The predicted molar refractivity (Wildman–Crippen MR) is 92.5 cm³/mol. The van der Waals surface area contributed by atoms with Crippen LogP contribution in [0.1, 0.15) is 26.3 Å². The largest absolute Gasteiger partial charge is 0.416 e. The molecule has 1 N–H and O–H groups in total. The molecule has 26 heavy (non-hydrogen) atoms. The highest BCUT2D eigenvalue weighted by Crippen LogP contribution is 2.30. The molecule has 1 fully saturated rings. The van der Waals surface area contributed by atoms with E-state index in [9.17, 15) is 22.8 Å². The SMILES string of the molecule is CC(C)(C)C(=O)N1CCN(CC(=O)Nc2cccc(C(F)(F)F)c2)CC1. The Hall–Kier alpha value is -2.09. The number of hydrogen-bond acceptors (Lipinski definition) is 3. The van der Waals surface area contributed by atoms with E-state index in [1.54, 1.807) is 4.90 Å². The second kappa shape index (κ2) is 7.65. The summed E-state index contributed by atoms with van der Waals surface area (Å²) in [5, 5.41) is 2.50. The number of halogens is 3. The van der Waals surface area contributed by atoms with Crippen LogP contribution >= 0.6 is 0 Å². The van der Waals surface area contributed by atoms with Crippen molar-refractivity contribution < 1.29 is 22.8 Å². The Morgan fingerprint density at radius 3 is 2.23 bits per heavy atom. The van der Waals surface area contributed by atoms with E-state index >= 15 is 0 Å². The lowest BCUT2D eigenvalue weighted by atomic mass is 9.94. The third-order valence-corrected chi connectivity index (χ3v) is 4.14. The molecule has 1 aliphatic heterocycles. The number of carbonyl (C=O) groups excluding carboxylic acids is 2. The van der Waals surface area contributed by atoms with Gasteiger partial charge >= 0.3 is 6.18 Å². The van der Waals surface area contributed by atoms with Crippen molar-refractivity contribution >= 4 is 17.5 Å². The number of nitrogens with one attached hydrogen (secondary N) is 1. The van der Waals surface area contributed by atoms with Crippen molar-refractivity contribution in [2.24, 2.45) is 5.41 Å². The van der Waals surface area contributed by atoms with Crippen molar-refractivity contribution in [3.8, 4) is 0 Å². The lowest BCUT2D eigenvalue weighted by Gasteiger charge is -2.37. The molecule has 0 aromatic heterocycles. The van der Waals surface area contributed by atoms with Gasteiger partial charge in [0.05, 0.1) is 12.1 Å². The lowest BCUT2D eigenvalue weighted by molar-refractivity contribution is -0.141. The summed E-state index contributed by atoms with van der Waals surface area (Å²) in [5.74, 6) is -0.300. The van der Waals surface area contributed by atoms with Gasteiger partial charge in [0, 0.05) is 37.3 Å². The van der Waals surface area contributed by atoms with Crippen LogP contribution in [0.2, 0.25) is 0 Å². The van der Waals surface area contributed by atoms with Crippen LogP contribution in [0.5, 0.6) is 0 Å². The van der Waals surface area contributed by atoms with Crippen LogP contribution in [0.3, 0.4) is 0 Å². The molecule has 1 saturated heterocycles. The fourth-order valence-corrected chi connectivity index (χ4v) is 2.76. The number of hydrogen-bond donors (Lipinski definition) is 1.